The van der Waals surface area contributed by atoms with Gasteiger partial charge in [0.2, 0.25) is 0 Å². The molecule has 82 valence electrons. The predicted molar refractivity (Wildman–Crippen MR) is 61.6 cm³/mol. The molecule has 0 N–H and O–H groups in total. The molecule has 1 aliphatic heterocycles. The van der Waals surface area contributed by atoms with Crippen molar-refractivity contribution < 1.29 is 9.53 Å². The Kier molecular flexibility index (Phi) is 1.79. The molecule has 2 fully saturated rings. The lowest BCUT2D eigenvalue weighted by Gasteiger charge is -2.03. The minimum atomic E-state index is -0.331. The molecule has 16 heavy (non-hydrogen) atoms. The summed E-state index contributed by atoms with van der Waals surface area (Å²) in [4.78, 5) is 11.7. The third-order valence-corrected chi connectivity index (χ3v) is 3.87. The van der Waals surface area contributed by atoms with Crippen LogP contribution in [0.3, 0.4) is 0 Å². The van der Waals surface area contributed by atoms with Crippen LogP contribution in [0.2, 0.25) is 0 Å². The summed E-state index contributed by atoms with van der Waals surface area (Å²) in [5.74, 6) is -0.0535. The molecule has 1 heterocycles. The van der Waals surface area contributed by atoms with Gasteiger partial charge >= 0.3 is 5.97 Å². The summed E-state index contributed by atoms with van der Waals surface area (Å²) in [6.45, 7) is 2.69. The molecule has 1 aliphatic carbocycles. The van der Waals surface area contributed by atoms with E-state index in [0.29, 0.717) is 6.61 Å². The molecule has 0 amide bonds. The van der Waals surface area contributed by atoms with E-state index in [1.54, 1.807) is 0 Å². The molecule has 0 unspecified atom stereocenters. The van der Waals surface area contributed by atoms with Gasteiger partial charge in [0.1, 0.15) is 0 Å². The fourth-order valence-electron chi connectivity index (χ4n) is 2.55. The van der Waals surface area contributed by atoms with E-state index in [4.69, 9.17) is 4.74 Å². The Labute approximate surface area is 94.9 Å². The lowest BCUT2D eigenvalue weighted by Crippen LogP contribution is -2.11. The topological polar surface area (TPSA) is 26.3 Å². The second-order valence-electron chi connectivity index (χ2n) is 5.03. The van der Waals surface area contributed by atoms with E-state index < -0.39 is 0 Å². The minimum Gasteiger partial charge on any atom is -0.464 e. The first-order valence-electron chi connectivity index (χ1n) is 5.58. The second kappa shape index (κ2) is 2.97. The molecule has 1 saturated heterocycles. The van der Waals surface area contributed by atoms with Crippen molar-refractivity contribution in [3.8, 4) is 0 Å². The summed E-state index contributed by atoms with van der Waals surface area (Å²) in [6.07, 6.45) is 4.98. The maximum Gasteiger partial charge on any atom is 0.316 e. The van der Waals surface area contributed by atoms with E-state index >= 15 is 0 Å². The van der Waals surface area contributed by atoms with Gasteiger partial charge in [0.25, 0.3) is 0 Å². The SMILES string of the molecule is C[C@]12COC(=O)[C@@]1(/C=C/c1ccccc1)C2. The molecule has 2 aliphatic rings. The van der Waals surface area contributed by atoms with Gasteiger partial charge in [-0.25, -0.2) is 0 Å². The molecular formula is C14H14O2. The highest BCUT2D eigenvalue weighted by atomic mass is 16.5. The van der Waals surface area contributed by atoms with Crippen LogP contribution in [0.5, 0.6) is 0 Å². The highest BCUT2D eigenvalue weighted by Gasteiger charge is 2.73. The molecule has 0 spiro atoms. The van der Waals surface area contributed by atoms with E-state index in [-0.39, 0.29) is 16.8 Å². The van der Waals surface area contributed by atoms with E-state index in [9.17, 15) is 4.79 Å². The van der Waals surface area contributed by atoms with Gasteiger partial charge in [-0.3, -0.25) is 4.79 Å². The standard InChI is InChI=1S/C14H14O2/c1-13-9-14(13,12(15)16-10-13)8-7-11-5-3-2-4-6-11/h2-8H,9-10H2,1H3/b8-7+/t13-,14+/m0/s1. The van der Waals surface area contributed by atoms with Crippen molar-refractivity contribution >= 4 is 12.0 Å². The molecule has 1 aromatic carbocycles. The zero-order valence-corrected chi connectivity index (χ0v) is 9.27. The summed E-state index contributed by atoms with van der Waals surface area (Å²) in [5, 5.41) is 0. The van der Waals surface area contributed by atoms with Crippen LogP contribution >= 0.6 is 0 Å². The Morgan fingerprint density at radius 1 is 1.31 bits per heavy atom. The van der Waals surface area contributed by atoms with Crippen LogP contribution in [0.4, 0.5) is 0 Å². The van der Waals surface area contributed by atoms with Gasteiger partial charge in [0, 0.05) is 5.41 Å². The summed E-state index contributed by atoms with van der Waals surface area (Å²) in [5.41, 5.74) is 0.851. The molecule has 2 nitrogen and oxygen atoms in total. The highest BCUT2D eigenvalue weighted by Crippen LogP contribution is 2.69. The zero-order valence-electron chi connectivity index (χ0n) is 9.27. The lowest BCUT2D eigenvalue weighted by molar-refractivity contribution is -0.143. The second-order valence-corrected chi connectivity index (χ2v) is 5.03. The number of carbonyl (C=O) groups excluding carboxylic acids is 1. The van der Waals surface area contributed by atoms with Gasteiger partial charge in [0.15, 0.2) is 0 Å². The monoisotopic (exact) mass is 214 g/mol. The summed E-state index contributed by atoms with van der Waals surface area (Å²) >= 11 is 0. The quantitative estimate of drug-likeness (QED) is 0.707. The number of rotatable bonds is 2. The number of benzene rings is 1. The summed E-state index contributed by atoms with van der Waals surface area (Å²) < 4.78 is 5.12. The first-order chi connectivity index (χ1) is 7.66. The van der Waals surface area contributed by atoms with Gasteiger partial charge in [0.05, 0.1) is 12.0 Å². The number of ether oxygens (including phenoxy) is 1. The molecule has 1 aromatic rings. The van der Waals surface area contributed by atoms with Crippen LogP contribution in [0.1, 0.15) is 18.9 Å². The molecule has 2 heteroatoms. The molecule has 1 saturated carbocycles. The largest absolute Gasteiger partial charge is 0.464 e. The molecule has 0 bridgehead atoms. The van der Waals surface area contributed by atoms with Gasteiger partial charge in [-0.1, -0.05) is 49.4 Å². The maximum atomic E-state index is 11.7. The van der Waals surface area contributed by atoms with E-state index in [2.05, 4.69) is 6.92 Å². The van der Waals surface area contributed by atoms with Crippen LogP contribution < -0.4 is 0 Å². The highest BCUT2D eigenvalue weighted by molar-refractivity contribution is 5.88. The van der Waals surface area contributed by atoms with Crippen LogP contribution in [0.25, 0.3) is 6.08 Å². The normalized spacial score (nSPS) is 36.2. The van der Waals surface area contributed by atoms with Crippen LogP contribution in [-0.2, 0) is 9.53 Å². The Balaban J connectivity index is 1.87. The predicted octanol–water partition coefficient (Wildman–Crippen LogP) is 2.65. The van der Waals surface area contributed by atoms with Crippen molar-refractivity contribution in [1.29, 1.82) is 0 Å². The van der Waals surface area contributed by atoms with E-state index in [0.717, 1.165) is 12.0 Å². The Morgan fingerprint density at radius 3 is 2.62 bits per heavy atom. The first-order valence-corrected chi connectivity index (χ1v) is 5.58. The fourth-order valence-corrected chi connectivity index (χ4v) is 2.55. The number of fused-ring (bicyclic) bond motifs is 1. The molecule has 2 atom stereocenters. The maximum absolute atomic E-state index is 11.7. The number of cyclic esters (lactones) is 1. The van der Waals surface area contributed by atoms with Crippen molar-refractivity contribution in [2.24, 2.45) is 10.8 Å². The van der Waals surface area contributed by atoms with Gasteiger partial charge < -0.3 is 4.74 Å². The van der Waals surface area contributed by atoms with Crippen molar-refractivity contribution in [1.82, 2.24) is 0 Å². The first kappa shape index (κ1) is 9.64. The van der Waals surface area contributed by atoms with Crippen molar-refractivity contribution in [2.75, 3.05) is 6.61 Å². The number of carbonyl (C=O) groups is 1. The van der Waals surface area contributed by atoms with Crippen molar-refractivity contribution in [3.63, 3.8) is 0 Å². The average Bonchev–Trinajstić information content (AvgIpc) is 2.85. The van der Waals surface area contributed by atoms with Crippen LogP contribution in [0, 0.1) is 10.8 Å². The van der Waals surface area contributed by atoms with E-state index in [1.807, 2.05) is 42.5 Å². The number of hydrogen-bond donors (Lipinski definition) is 0. The number of hydrogen-bond acceptors (Lipinski definition) is 2. The fraction of sp³-hybridized carbons (Fsp3) is 0.357. The average molecular weight is 214 g/mol. The molecule has 0 radical (unpaired) electrons. The smallest absolute Gasteiger partial charge is 0.316 e. The number of esters is 1. The minimum absolute atomic E-state index is 0.0510. The van der Waals surface area contributed by atoms with Crippen LogP contribution in [-0.4, -0.2) is 12.6 Å². The molecular weight excluding hydrogens is 200 g/mol. The Morgan fingerprint density at radius 2 is 2.06 bits per heavy atom. The summed E-state index contributed by atoms with van der Waals surface area (Å²) in [6, 6.07) is 10.0. The summed E-state index contributed by atoms with van der Waals surface area (Å²) in [7, 11) is 0. The Hall–Kier alpha value is -1.57. The lowest BCUT2D eigenvalue weighted by atomic mass is 9.96. The third kappa shape index (κ3) is 1.16. The van der Waals surface area contributed by atoms with Gasteiger partial charge in [-0.05, 0) is 12.0 Å². The molecule has 3 rings (SSSR count). The van der Waals surface area contributed by atoms with Gasteiger partial charge in [-0.15, -0.1) is 0 Å². The van der Waals surface area contributed by atoms with Crippen LogP contribution in [0.15, 0.2) is 36.4 Å². The van der Waals surface area contributed by atoms with Crippen molar-refractivity contribution in [3.05, 3.63) is 42.0 Å². The third-order valence-electron chi connectivity index (χ3n) is 3.87. The van der Waals surface area contributed by atoms with E-state index in [1.165, 1.54) is 0 Å². The Bertz CT molecular complexity index is 463. The van der Waals surface area contributed by atoms with Crippen molar-refractivity contribution in [2.45, 2.75) is 13.3 Å². The van der Waals surface area contributed by atoms with Gasteiger partial charge in [-0.2, -0.15) is 0 Å². The zero-order chi connectivity index (χ0) is 11.2. The molecule has 0 aromatic heterocycles.